The molecule has 0 spiro atoms. The highest BCUT2D eigenvalue weighted by Gasteiger charge is 2.37. The van der Waals surface area contributed by atoms with E-state index in [4.69, 9.17) is 5.73 Å². The number of likely N-dealkylation sites (N-methyl/N-ethyl adjacent to an activating group) is 1. The van der Waals surface area contributed by atoms with Gasteiger partial charge in [0.15, 0.2) is 0 Å². The minimum atomic E-state index is -0.387. The van der Waals surface area contributed by atoms with E-state index in [0.717, 1.165) is 17.7 Å². The molecular formula is C27H27FN4O2. The van der Waals surface area contributed by atoms with Crippen LogP contribution in [0.4, 0.5) is 21.5 Å². The Bertz CT molecular complexity index is 1210. The number of amides is 2. The summed E-state index contributed by atoms with van der Waals surface area (Å²) in [6.45, 7) is 1.37. The number of rotatable bonds is 6. The molecule has 1 fully saturated rings. The number of hydrogen-bond donors (Lipinski definition) is 3. The van der Waals surface area contributed by atoms with E-state index < -0.39 is 0 Å². The molecule has 1 saturated heterocycles. The molecule has 0 unspecified atom stereocenters. The van der Waals surface area contributed by atoms with Gasteiger partial charge in [0.2, 0.25) is 11.8 Å². The third kappa shape index (κ3) is 5.68. The largest absolute Gasteiger partial charge is 0.397 e. The quantitative estimate of drug-likeness (QED) is 0.379. The molecule has 1 aliphatic heterocycles. The molecule has 0 bridgehead atoms. The zero-order chi connectivity index (χ0) is 24.1. The van der Waals surface area contributed by atoms with E-state index >= 15 is 0 Å². The van der Waals surface area contributed by atoms with Crippen LogP contribution >= 0.6 is 0 Å². The molecule has 34 heavy (non-hydrogen) atoms. The number of hydrogen-bond acceptors (Lipinski definition) is 4. The van der Waals surface area contributed by atoms with Crippen molar-refractivity contribution < 1.29 is 14.0 Å². The van der Waals surface area contributed by atoms with Crippen LogP contribution in [0.3, 0.4) is 0 Å². The van der Waals surface area contributed by atoms with Gasteiger partial charge in [-0.15, -0.1) is 0 Å². The average Bonchev–Trinajstić information content (AvgIpc) is 3.21. The molecule has 4 N–H and O–H groups in total. The number of nitrogens with two attached hydrogens (primary N) is 1. The van der Waals surface area contributed by atoms with Crippen LogP contribution in [-0.4, -0.2) is 36.9 Å². The summed E-state index contributed by atoms with van der Waals surface area (Å²) in [6.07, 6.45) is 3.19. The monoisotopic (exact) mass is 458 g/mol. The Morgan fingerprint density at radius 2 is 1.76 bits per heavy atom. The van der Waals surface area contributed by atoms with Crippen molar-refractivity contribution in [2.45, 2.75) is 5.92 Å². The van der Waals surface area contributed by atoms with Crippen molar-refractivity contribution in [3.05, 3.63) is 95.8 Å². The molecule has 4 rings (SSSR count). The maximum Gasteiger partial charge on any atom is 0.248 e. The van der Waals surface area contributed by atoms with Gasteiger partial charge in [0.05, 0.1) is 17.3 Å². The first-order valence-electron chi connectivity index (χ1n) is 11.1. The van der Waals surface area contributed by atoms with E-state index in [9.17, 15) is 14.0 Å². The summed E-state index contributed by atoms with van der Waals surface area (Å²) in [7, 11) is 1.98. The van der Waals surface area contributed by atoms with Crippen LogP contribution in [0.15, 0.2) is 78.9 Å². The summed E-state index contributed by atoms with van der Waals surface area (Å²) < 4.78 is 13.5. The lowest BCUT2D eigenvalue weighted by atomic mass is 9.88. The first kappa shape index (κ1) is 23.2. The van der Waals surface area contributed by atoms with Crippen molar-refractivity contribution in [1.82, 2.24) is 4.90 Å². The summed E-state index contributed by atoms with van der Waals surface area (Å²) in [4.78, 5) is 27.3. The van der Waals surface area contributed by atoms with Crippen molar-refractivity contribution in [1.29, 1.82) is 0 Å². The molecule has 174 valence electrons. The van der Waals surface area contributed by atoms with E-state index in [1.54, 1.807) is 42.5 Å². The number of para-hydroxylation sites is 2. The maximum absolute atomic E-state index is 13.5. The molecule has 0 aliphatic carbocycles. The van der Waals surface area contributed by atoms with Gasteiger partial charge in [-0.2, -0.15) is 0 Å². The topological polar surface area (TPSA) is 87.5 Å². The predicted octanol–water partition coefficient (Wildman–Crippen LogP) is 4.34. The Balaban J connectivity index is 1.41. The smallest absolute Gasteiger partial charge is 0.248 e. The van der Waals surface area contributed by atoms with E-state index in [0.29, 0.717) is 23.6 Å². The second kappa shape index (κ2) is 10.3. The molecule has 0 aromatic heterocycles. The van der Waals surface area contributed by atoms with Crippen molar-refractivity contribution >= 4 is 35.0 Å². The minimum Gasteiger partial charge on any atom is -0.397 e. The van der Waals surface area contributed by atoms with E-state index in [1.165, 1.54) is 18.2 Å². The number of anilines is 3. The molecule has 1 aliphatic rings. The fraction of sp³-hybridized carbons (Fsp3) is 0.185. The Morgan fingerprint density at radius 3 is 2.50 bits per heavy atom. The van der Waals surface area contributed by atoms with Crippen LogP contribution in [0.2, 0.25) is 0 Å². The third-order valence-corrected chi connectivity index (χ3v) is 5.94. The van der Waals surface area contributed by atoms with E-state index in [2.05, 4.69) is 15.5 Å². The molecule has 0 radical (unpaired) electrons. The highest BCUT2D eigenvalue weighted by Crippen LogP contribution is 2.33. The fourth-order valence-electron chi connectivity index (χ4n) is 4.22. The summed E-state index contributed by atoms with van der Waals surface area (Å²) in [5.74, 6) is -1.02. The molecule has 0 saturated carbocycles. The number of likely N-dealkylation sites (tertiary alicyclic amines) is 1. The van der Waals surface area contributed by atoms with Gasteiger partial charge in [-0.05, 0) is 54.6 Å². The molecule has 3 aromatic rings. The molecule has 3 aromatic carbocycles. The highest BCUT2D eigenvalue weighted by atomic mass is 19.1. The van der Waals surface area contributed by atoms with Gasteiger partial charge in [-0.3, -0.25) is 9.59 Å². The summed E-state index contributed by atoms with van der Waals surface area (Å²) in [5, 5.41) is 5.60. The van der Waals surface area contributed by atoms with Gasteiger partial charge in [-0.25, -0.2) is 4.39 Å². The van der Waals surface area contributed by atoms with Gasteiger partial charge in [-0.1, -0.05) is 42.5 Å². The number of benzene rings is 3. The molecule has 2 amide bonds. The van der Waals surface area contributed by atoms with Gasteiger partial charge >= 0.3 is 0 Å². The molecular weight excluding hydrogens is 431 g/mol. The molecule has 2 atom stereocenters. The number of nitrogen functional groups attached to an aromatic ring is 1. The second-order valence-corrected chi connectivity index (χ2v) is 8.51. The Morgan fingerprint density at radius 1 is 1.00 bits per heavy atom. The number of nitrogens with one attached hydrogen (secondary N) is 2. The second-order valence-electron chi connectivity index (χ2n) is 8.51. The SMILES string of the molecule is CN1C[C@H](C(=O)Nc2cccc(F)c2)[C@@H](c2ccc(/C=C/C(=O)Nc3ccccc3N)cc2)C1. The van der Waals surface area contributed by atoms with E-state index in [-0.39, 0.29) is 29.5 Å². The van der Waals surface area contributed by atoms with Crippen LogP contribution in [0.5, 0.6) is 0 Å². The predicted molar refractivity (Wildman–Crippen MR) is 134 cm³/mol. The van der Waals surface area contributed by atoms with E-state index in [1.807, 2.05) is 31.3 Å². The zero-order valence-corrected chi connectivity index (χ0v) is 18.9. The lowest BCUT2D eigenvalue weighted by Gasteiger charge is -2.19. The van der Waals surface area contributed by atoms with Crippen molar-refractivity contribution in [2.75, 3.05) is 36.5 Å². The fourth-order valence-corrected chi connectivity index (χ4v) is 4.22. The number of nitrogens with zero attached hydrogens (tertiary/aromatic N) is 1. The standard InChI is InChI=1S/C27H27FN4O2/c1-32-16-22(23(17-32)27(34)30-21-6-4-5-20(28)15-21)19-12-9-18(10-13-19)11-14-26(33)31-25-8-3-2-7-24(25)29/h2-15,22-23H,16-17,29H2,1H3,(H,30,34)(H,31,33)/b14-11+/t22-,23+/m1/s1. The van der Waals surface area contributed by atoms with Crippen LogP contribution in [0, 0.1) is 11.7 Å². The number of carbonyl (C=O) groups excluding carboxylic acids is 2. The Kier molecular flexibility index (Phi) is 7.04. The summed E-state index contributed by atoms with van der Waals surface area (Å²) in [6, 6.07) is 20.8. The molecule has 6 nitrogen and oxygen atoms in total. The summed E-state index contributed by atoms with van der Waals surface area (Å²) in [5.41, 5.74) is 9.30. The van der Waals surface area contributed by atoms with Crippen LogP contribution in [0.1, 0.15) is 17.0 Å². The van der Waals surface area contributed by atoms with Crippen LogP contribution in [-0.2, 0) is 9.59 Å². The highest BCUT2D eigenvalue weighted by molar-refractivity contribution is 6.03. The number of halogens is 1. The summed E-state index contributed by atoms with van der Waals surface area (Å²) >= 11 is 0. The first-order chi connectivity index (χ1) is 16.4. The lowest BCUT2D eigenvalue weighted by molar-refractivity contribution is -0.119. The molecule has 1 heterocycles. The van der Waals surface area contributed by atoms with Crippen molar-refractivity contribution in [3.63, 3.8) is 0 Å². The Labute approximate surface area is 198 Å². The third-order valence-electron chi connectivity index (χ3n) is 5.94. The Hall–Kier alpha value is -3.97. The average molecular weight is 459 g/mol. The van der Waals surface area contributed by atoms with Gasteiger partial charge in [0.1, 0.15) is 5.82 Å². The van der Waals surface area contributed by atoms with Gasteiger partial charge in [0, 0.05) is 30.8 Å². The lowest BCUT2D eigenvalue weighted by Crippen LogP contribution is -2.28. The van der Waals surface area contributed by atoms with Crippen LogP contribution < -0.4 is 16.4 Å². The van der Waals surface area contributed by atoms with Gasteiger partial charge < -0.3 is 21.3 Å². The van der Waals surface area contributed by atoms with Crippen molar-refractivity contribution in [3.8, 4) is 0 Å². The zero-order valence-electron chi connectivity index (χ0n) is 18.9. The minimum absolute atomic E-state index is 0.0148. The van der Waals surface area contributed by atoms with Crippen molar-refractivity contribution in [2.24, 2.45) is 5.92 Å². The first-order valence-corrected chi connectivity index (χ1v) is 11.1. The number of carbonyl (C=O) groups is 2. The van der Waals surface area contributed by atoms with Crippen LogP contribution in [0.25, 0.3) is 6.08 Å². The normalized spacial score (nSPS) is 18.2. The molecule has 7 heteroatoms. The van der Waals surface area contributed by atoms with Gasteiger partial charge in [0.25, 0.3) is 0 Å². The maximum atomic E-state index is 13.5.